The van der Waals surface area contributed by atoms with Gasteiger partial charge in [-0.3, -0.25) is 4.79 Å². The second-order valence-corrected chi connectivity index (χ2v) is 8.22. The quantitative estimate of drug-likeness (QED) is 0.505. The number of rotatable bonds is 6. The zero-order valence-electron chi connectivity index (χ0n) is 18.4. The number of methoxy groups -OCH3 is 1. The normalized spacial score (nSPS) is 15.7. The molecule has 3 rings (SSSR count). The van der Waals surface area contributed by atoms with Crippen LogP contribution in [0, 0.1) is 25.2 Å². The lowest BCUT2D eigenvalue weighted by atomic mass is 10.1. The molecule has 1 amide bonds. The number of carbonyl (C=O) groups is 1. The summed E-state index contributed by atoms with van der Waals surface area (Å²) < 4.78 is 7.45. The number of anilines is 1. The van der Waals surface area contributed by atoms with Crippen LogP contribution in [-0.4, -0.2) is 60.3 Å². The van der Waals surface area contributed by atoms with Gasteiger partial charge < -0.3 is 19.1 Å². The summed E-state index contributed by atoms with van der Waals surface area (Å²) in [4.78, 5) is 21.2. The maximum Gasteiger partial charge on any atom is 0.264 e. The second-order valence-electron chi connectivity index (χ2n) is 7.78. The van der Waals surface area contributed by atoms with E-state index < -0.39 is 0 Å². The van der Waals surface area contributed by atoms with Crippen molar-refractivity contribution in [2.24, 2.45) is 0 Å². The molecule has 1 saturated heterocycles. The van der Waals surface area contributed by atoms with Gasteiger partial charge in [-0.25, -0.2) is 4.98 Å². The van der Waals surface area contributed by atoms with E-state index in [-0.39, 0.29) is 17.5 Å². The molecule has 2 aromatic rings. The number of halogens is 1. The molecule has 164 valence electrons. The summed E-state index contributed by atoms with van der Waals surface area (Å²) in [6.45, 7) is 9.08. The molecule has 0 saturated carbocycles. The summed E-state index contributed by atoms with van der Waals surface area (Å²) in [7, 11) is 1.68. The van der Waals surface area contributed by atoms with Crippen molar-refractivity contribution in [2.75, 3.05) is 44.8 Å². The number of hydrogen-bond acceptors (Lipinski definition) is 5. The SMILES string of the molecule is COCC(C)n1c(C)cc(/C=C(/C#N)C(=O)N2CCN(c3ccc(Cl)cn3)CC2)c1C. The Balaban J connectivity index is 1.72. The molecule has 1 atom stereocenters. The molecule has 1 unspecified atom stereocenters. The largest absolute Gasteiger partial charge is 0.383 e. The van der Waals surface area contributed by atoms with Crippen LogP contribution in [-0.2, 0) is 9.53 Å². The Kier molecular flexibility index (Phi) is 7.37. The van der Waals surface area contributed by atoms with Crippen LogP contribution in [0.15, 0.2) is 30.0 Å². The first-order valence-corrected chi connectivity index (χ1v) is 10.7. The van der Waals surface area contributed by atoms with Gasteiger partial charge in [0, 0.05) is 50.9 Å². The van der Waals surface area contributed by atoms with Crippen LogP contribution in [0.4, 0.5) is 5.82 Å². The minimum atomic E-state index is -0.235. The topological polar surface area (TPSA) is 74.4 Å². The van der Waals surface area contributed by atoms with Crippen LogP contribution in [0.5, 0.6) is 0 Å². The highest BCUT2D eigenvalue weighted by molar-refractivity contribution is 6.30. The predicted octanol–water partition coefficient (Wildman–Crippen LogP) is 3.62. The minimum absolute atomic E-state index is 0.151. The van der Waals surface area contributed by atoms with Crippen LogP contribution in [0.3, 0.4) is 0 Å². The average molecular weight is 442 g/mol. The highest BCUT2D eigenvalue weighted by atomic mass is 35.5. The first-order chi connectivity index (χ1) is 14.8. The number of aryl methyl sites for hydroxylation is 1. The maximum atomic E-state index is 13.0. The van der Waals surface area contributed by atoms with E-state index in [0.29, 0.717) is 37.8 Å². The monoisotopic (exact) mass is 441 g/mol. The smallest absolute Gasteiger partial charge is 0.264 e. The lowest BCUT2D eigenvalue weighted by molar-refractivity contribution is -0.126. The molecule has 1 aliphatic rings. The number of nitriles is 1. The van der Waals surface area contributed by atoms with Crippen molar-refractivity contribution in [1.82, 2.24) is 14.5 Å². The van der Waals surface area contributed by atoms with E-state index in [1.54, 1.807) is 24.3 Å². The third-order valence-corrected chi connectivity index (χ3v) is 5.85. The van der Waals surface area contributed by atoms with Crippen molar-refractivity contribution in [3.8, 4) is 6.07 Å². The number of hydrogen-bond donors (Lipinski definition) is 0. The molecule has 0 aliphatic carbocycles. The summed E-state index contributed by atoms with van der Waals surface area (Å²) in [5.41, 5.74) is 3.12. The van der Waals surface area contributed by atoms with Crippen molar-refractivity contribution in [3.05, 3.63) is 51.9 Å². The van der Waals surface area contributed by atoms with E-state index in [1.807, 2.05) is 32.0 Å². The van der Waals surface area contributed by atoms with E-state index >= 15 is 0 Å². The fraction of sp³-hybridized carbons (Fsp3) is 0.435. The molecular formula is C23H28ClN5O2. The van der Waals surface area contributed by atoms with E-state index in [9.17, 15) is 10.1 Å². The molecule has 0 bridgehead atoms. The molecular weight excluding hydrogens is 414 g/mol. The van der Waals surface area contributed by atoms with Gasteiger partial charge in [0.2, 0.25) is 0 Å². The Bertz CT molecular complexity index is 998. The average Bonchev–Trinajstić information content (AvgIpc) is 3.05. The van der Waals surface area contributed by atoms with Crippen LogP contribution in [0.1, 0.15) is 29.9 Å². The molecule has 0 spiro atoms. The maximum absolute atomic E-state index is 13.0. The molecule has 31 heavy (non-hydrogen) atoms. The van der Waals surface area contributed by atoms with Crippen molar-refractivity contribution in [3.63, 3.8) is 0 Å². The molecule has 0 radical (unpaired) electrons. The van der Waals surface area contributed by atoms with E-state index in [1.165, 1.54) is 0 Å². The third-order valence-electron chi connectivity index (χ3n) is 5.63. The lowest BCUT2D eigenvalue weighted by Gasteiger charge is -2.35. The number of amides is 1. The molecule has 1 aliphatic heterocycles. The molecule has 0 N–H and O–H groups in total. The minimum Gasteiger partial charge on any atom is -0.383 e. The number of aromatic nitrogens is 2. The summed E-state index contributed by atoms with van der Waals surface area (Å²) in [6.07, 6.45) is 3.32. The van der Waals surface area contributed by atoms with Gasteiger partial charge in [0.25, 0.3) is 5.91 Å². The Labute approximate surface area is 188 Å². The standard InChI is InChI=1S/C23H28ClN5O2/c1-16-11-19(18(3)29(16)17(2)15-31-4)12-20(13-25)23(30)28-9-7-27(8-10-28)22-6-5-21(24)14-26-22/h5-6,11-12,14,17H,7-10,15H2,1-4H3/b20-12-. The van der Waals surface area contributed by atoms with E-state index in [2.05, 4.69) is 27.4 Å². The summed E-state index contributed by atoms with van der Waals surface area (Å²) in [5.74, 6) is 0.603. The van der Waals surface area contributed by atoms with Gasteiger partial charge in [-0.15, -0.1) is 0 Å². The Morgan fingerprint density at radius 2 is 2.03 bits per heavy atom. The first-order valence-electron chi connectivity index (χ1n) is 10.3. The Morgan fingerprint density at radius 1 is 1.32 bits per heavy atom. The number of nitrogens with zero attached hydrogens (tertiary/aromatic N) is 5. The van der Waals surface area contributed by atoms with Gasteiger partial charge in [0.1, 0.15) is 17.5 Å². The summed E-state index contributed by atoms with van der Waals surface area (Å²) in [5, 5.41) is 10.3. The predicted molar refractivity (Wildman–Crippen MR) is 122 cm³/mol. The van der Waals surface area contributed by atoms with Gasteiger partial charge in [0.05, 0.1) is 17.7 Å². The fourth-order valence-electron chi connectivity index (χ4n) is 4.10. The molecule has 8 heteroatoms. The number of piperazine rings is 1. The van der Waals surface area contributed by atoms with Crippen molar-refractivity contribution >= 4 is 29.4 Å². The van der Waals surface area contributed by atoms with Crippen molar-refractivity contribution in [1.29, 1.82) is 5.26 Å². The zero-order valence-corrected chi connectivity index (χ0v) is 19.2. The second kappa shape index (κ2) is 9.99. The van der Waals surface area contributed by atoms with Gasteiger partial charge in [0.15, 0.2) is 0 Å². The summed E-state index contributed by atoms with van der Waals surface area (Å²) >= 11 is 5.91. The zero-order chi connectivity index (χ0) is 22.5. The number of ether oxygens (including phenoxy) is 1. The number of carbonyl (C=O) groups excluding carboxylic acids is 1. The Hall–Kier alpha value is -2.82. The van der Waals surface area contributed by atoms with E-state index in [4.69, 9.17) is 16.3 Å². The van der Waals surface area contributed by atoms with Crippen LogP contribution < -0.4 is 4.90 Å². The van der Waals surface area contributed by atoms with Gasteiger partial charge in [-0.05, 0) is 50.6 Å². The number of pyridine rings is 1. The fourth-order valence-corrected chi connectivity index (χ4v) is 4.22. The molecule has 2 aromatic heterocycles. The van der Waals surface area contributed by atoms with Crippen LogP contribution in [0.2, 0.25) is 5.02 Å². The lowest BCUT2D eigenvalue weighted by Crippen LogP contribution is -2.49. The molecule has 7 nitrogen and oxygen atoms in total. The van der Waals surface area contributed by atoms with Crippen LogP contribution in [0.25, 0.3) is 6.08 Å². The van der Waals surface area contributed by atoms with E-state index in [0.717, 1.165) is 22.8 Å². The molecule has 0 aromatic carbocycles. The highest BCUT2D eigenvalue weighted by Crippen LogP contribution is 2.24. The van der Waals surface area contributed by atoms with Gasteiger partial charge >= 0.3 is 0 Å². The molecule has 3 heterocycles. The highest BCUT2D eigenvalue weighted by Gasteiger charge is 2.25. The molecule has 1 fully saturated rings. The van der Waals surface area contributed by atoms with Gasteiger partial charge in [-0.2, -0.15) is 5.26 Å². The van der Waals surface area contributed by atoms with Crippen LogP contribution >= 0.6 is 11.6 Å². The van der Waals surface area contributed by atoms with Crippen molar-refractivity contribution < 1.29 is 9.53 Å². The van der Waals surface area contributed by atoms with Crippen molar-refractivity contribution in [2.45, 2.75) is 26.8 Å². The Morgan fingerprint density at radius 3 is 2.61 bits per heavy atom. The first kappa shape index (κ1) is 22.9. The summed E-state index contributed by atoms with van der Waals surface area (Å²) in [6, 6.07) is 7.97. The van der Waals surface area contributed by atoms with Gasteiger partial charge in [-0.1, -0.05) is 11.6 Å². The third kappa shape index (κ3) is 5.09.